The molecule has 0 radical (unpaired) electrons. The monoisotopic (exact) mass is 286 g/mol. The van der Waals surface area contributed by atoms with Gasteiger partial charge < -0.3 is 15.1 Å². The molecule has 2 N–H and O–H groups in total. The molecule has 1 aromatic heterocycles. The molecule has 21 heavy (non-hydrogen) atoms. The molecule has 1 unspecified atom stereocenters. The van der Waals surface area contributed by atoms with Crippen LogP contribution < -0.4 is 10.6 Å². The third kappa shape index (κ3) is 3.61. The van der Waals surface area contributed by atoms with E-state index < -0.39 is 0 Å². The van der Waals surface area contributed by atoms with E-state index in [9.17, 15) is 0 Å². The Morgan fingerprint density at radius 1 is 1.05 bits per heavy atom. The summed E-state index contributed by atoms with van der Waals surface area (Å²) < 4.78 is 5.79. The Balaban J connectivity index is 1.66. The van der Waals surface area contributed by atoms with Gasteiger partial charge in [-0.2, -0.15) is 0 Å². The summed E-state index contributed by atoms with van der Waals surface area (Å²) in [5.41, 5.74) is 7.37. The van der Waals surface area contributed by atoms with Gasteiger partial charge in [0, 0.05) is 13.1 Å². The number of hydrogen-bond acceptors (Lipinski definition) is 5. The molecule has 1 aliphatic rings. The molecular weight excluding hydrogens is 264 g/mol. The predicted molar refractivity (Wildman–Crippen MR) is 82.1 cm³/mol. The molecule has 2 heterocycles. The Labute approximate surface area is 125 Å². The molecule has 1 fully saturated rings. The highest BCUT2D eigenvalue weighted by atomic mass is 16.4. The van der Waals surface area contributed by atoms with Crippen molar-refractivity contribution in [3.63, 3.8) is 0 Å². The van der Waals surface area contributed by atoms with Crippen LogP contribution in [0.15, 0.2) is 34.7 Å². The van der Waals surface area contributed by atoms with Crippen LogP contribution in [0.5, 0.6) is 0 Å². The van der Waals surface area contributed by atoms with Crippen LogP contribution in [0.3, 0.4) is 0 Å². The van der Waals surface area contributed by atoms with Crippen molar-refractivity contribution in [1.82, 2.24) is 10.2 Å². The van der Waals surface area contributed by atoms with Crippen molar-refractivity contribution >= 4 is 6.01 Å². The normalized spacial score (nSPS) is 17.5. The van der Waals surface area contributed by atoms with E-state index in [0.29, 0.717) is 18.3 Å². The fourth-order valence-electron chi connectivity index (χ4n) is 2.72. The predicted octanol–water partition coefficient (Wildman–Crippen LogP) is 2.69. The molecule has 5 heteroatoms. The maximum atomic E-state index is 6.19. The van der Waals surface area contributed by atoms with Crippen molar-refractivity contribution in [1.29, 1.82) is 0 Å². The van der Waals surface area contributed by atoms with Gasteiger partial charge in [-0.05, 0) is 24.8 Å². The highest BCUT2D eigenvalue weighted by Crippen LogP contribution is 2.21. The first-order valence-corrected chi connectivity index (χ1v) is 7.71. The lowest BCUT2D eigenvalue weighted by molar-refractivity contribution is 0.443. The van der Waals surface area contributed by atoms with E-state index in [4.69, 9.17) is 10.2 Å². The van der Waals surface area contributed by atoms with Crippen LogP contribution >= 0.6 is 0 Å². The number of benzene rings is 1. The molecule has 0 saturated carbocycles. The minimum Gasteiger partial charge on any atom is -0.406 e. The Morgan fingerprint density at radius 3 is 2.48 bits per heavy atom. The first-order valence-electron chi connectivity index (χ1n) is 7.71. The van der Waals surface area contributed by atoms with Crippen LogP contribution in [-0.4, -0.2) is 23.3 Å². The second-order valence-corrected chi connectivity index (χ2v) is 5.62. The van der Waals surface area contributed by atoms with Gasteiger partial charge in [0.25, 0.3) is 0 Å². The van der Waals surface area contributed by atoms with Crippen LogP contribution in [0.1, 0.15) is 43.2 Å². The fourth-order valence-corrected chi connectivity index (χ4v) is 2.72. The van der Waals surface area contributed by atoms with Crippen LogP contribution in [0.25, 0.3) is 0 Å². The number of hydrogen-bond donors (Lipinski definition) is 1. The van der Waals surface area contributed by atoms with E-state index in [1.54, 1.807) is 0 Å². The Kier molecular flexibility index (Phi) is 4.50. The zero-order chi connectivity index (χ0) is 14.5. The number of anilines is 1. The Hall–Kier alpha value is -1.88. The summed E-state index contributed by atoms with van der Waals surface area (Å²) in [6.45, 7) is 1.99. The van der Waals surface area contributed by atoms with Gasteiger partial charge in [0.15, 0.2) is 0 Å². The average molecular weight is 286 g/mol. The van der Waals surface area contributed by atoms with Gasteiger partial charge in [-0.25, -0.2) is 0 Å². The second kappa shape index (κ2) is 6.72. The fraction of sp³-hybridized carbons (Fsp3) is 0.500. The zero-order valence-electron chi connectivity index (χ0n) is 12.2. The largest absolute Gasteiger partial charge is 0.406 e. The van der Waals surface area contributed by atoms with Crippen molar-refractivity contribution in [2.24, 2.45) is 5.73 Å². The van der Waals surface area contributed by atoms with Crippen molar-refractivity contribution in [3.8, 4) is 0 Å². The lowest BCUT2D eigenvalue weighted by Gasteiger charge is -2.16. The molecule has 0 bridgehead atoms. The van der Waals surface area contributed by atoms with E-state index in [0.717, 1.165) is 13.1 Å². The van der Waals surface area contributed by atoms with E-state index in [1.165, 1.54) is 31.2 Å². The number of nitrogens with two attached hydrogens (primary N) is 1. The molecule has 2 aromatic rings. The summed E-state index contributed by atoms with van der Waals surface area (Å²) in [5, 5.41) is 8.31. The van der Waals surface area contributed by atoms with Crippen LogP contribution in [-0.2, 0) is 6.42 Å². The van der Waals surface area contributed by atoms with E-state index in [2.05, 4.69) is 27.2 Å². The number of aromatic nitrogens is 2. The average Bonchev–Trinajstić information content (AvgIpc) is 2.85. The molecule has 112 valence electrons. The van der Waals surface area contributed by atoms with Gasteiger partial charge in [0.05, 0.1) is 6.04 Å². The highest BCUT2D eigenvalue weighted by Gasteiger charge is 2.19. The summed E-state index contributed by atoms with van der Waals surface area (Å²) >= 11 is 0. The van der Waals surface area contributed by atoms with Crippen molar-refractivity contribution in [2.75, 3.05) is 18.0 Å². The lowest BCUT2D eigenvalue weighted by atomic mass is 10.1. The SMILES string of the molecule is NC(Cc1ccccc1)c1nnc(N2CCCCCC2)o1. The van der Waals surface area contributed by atoms with E-state index >= 15 is 0 Å². The number of rotatable bonds is 4. The van der Waals surface area contributed by atoms with E-state index in [-0.39, 0.29) is 6.04 Å². The second-order valence-electron chi connectivity index (χ2n) is 5.62. The molecule has 5 nitrogen and oxygen atoms in total. The minimum atomic E-state index is -0.249. The molecule has 0 amide bonds. The summed E-state index contributed by atoms with van der Waals surface area (Å²) in [6.07, 6.45) is 5.65. The third-order valence-corrected chi connectivity index (χ3v) is 3.92. The van der Waals surface area contributed by atoms with Crippen molar-refractivity contribution in [3.05, 3.63) is 41.8 Å². The molecule has 1 aromatic carbocycles. The molecule has 3 rings (SSSR count). The Bertz CT molecular complexity index is 546. The van der Waals surface area contributed by atoms with Crippen LogP contribution in [0.2, 0.25) is 0 Å². The van der Waals surface area contributed by atoms with Gasteiger partial charge in [0.2, 0.25) is 5.89 Å². The summed E-state index contributed by atoms with van der Waals surface area (Å²) in [6, 6.07) is 10.5. The summed E-state index contributed by atoms with van der Waals surface area (Å²) in [7, 11) is 0. The van der Waals surface area contributed by atoms with Gasteiger partial charge in [0.1, 0.15) is 0 Å². The molecule has 1 atom stereocenters. The summed E-state index contributed by atoms with van der Waals surface area (Å²) in [5.74, 6) is 0.526. The molecule has 1 saturated heterocycles. The highest BCUT2D eigenvalue weighted by molar-refractivity contribution is 5.25. The topological polar surface area (TPSA) is 68.2 Å². The minimum absolute atomic E-state index is 0.249. The van der Waals surface area contributed by atoms with Gasteiger partial charge in [-0.15, -0.1) is 5.10 Å². The van der Waals surface area contributed by atoms with Crippen molar-refractivity contribution < 1.29 is 4.42 Å². The standard InChI is InChI=1S/C16H22N4O/c17-14(12-13-8-4-3-5-9-13)15-18-19-16(21-15)20-10-6-1-2-7-11-20/h3-5,8-9,14H,1-2,6-7,10-12,17H2. The smallest absolute Gasteiger partial charge is 0.318 e. The zero-order valence-corrected chi connectivity index (χ0v) is 12.2. The Morgan fingerprint density at radius 2 is 1.76 bits per heavy atom. The third-order valence-electron chi connectivity index (χ3n) is 3.92. The summed E-state index contributed by atoms with van der Waals surface area (Å²) in [4.78, 5) is 2.18. The molecule has 0 spiro atoms. The molecule has 1 aliphatic heterocycles. The quantitative estimate of drug-likeness (QED) is 0.936. The van der Waals surface area contributed by atoms with Crippen LogP contribution in [0, 0.1) is 0 Å². The maximum absolute atomic E-state index is 6.19. The lowest BCUT2D eigenvalue weighted by Crippen LogP contribution is -2.24. The van der Waals surface area contributed by atoms with Gasteiger partial charge in [-0.1, -0.05) is 48.3 Å². The molecular formula is C16H22N4O. The van der Waals surface area contributed by atoms with Gasteiger partial charge >= 0.3 is 6.01 Å². The first-order chi connectivity index (χ1) is 10.3. The maximum Gasteiger partial charge on any atom is 0.318 e. The van der Waals surface area contributed by atoms with Crippen LogP contribution in [0.4, 0.5) is 6.01 Å². The van der Waals surface area contributed by atoms with E-state index in [1.807, 2.05) is 18.2 Å². The van der Waals surface area contributed by atoms with Crippen molar-refractivity contribution in [2.45, 2.75) is 38.1 Å². The van der Waals surface area contributed by atoms with Gasteiger partial charge in [-0.3, -0.25) is 0 Å². The number of nitrogens with zero attached hydrogens (tertiary/aromatic N) is 3. The first kappa shape index (κ1) is 14.1. The molecule has 0 aliphatic carbocycles.